The van der Waals surface area contributed by atoms with Crippen LogP contribution in [0.25, 0.3) is 10.2 Å². The summed E-state index contributed by atoms with van der Waals surface area (Å²) in [6.07, 6.45) is 1.98. The molecule has 6 heteroatoms. The number of rotatable bonds is 3. The Balaban J connectivity index is 1.91. The van der Waals surface area contributed by atoms with E-state index >= 15 is 0 Å². The third-order valence-corrected chi connectivity index (χ3v) is 5.41. The molecule has 0 bridgehead atoms. The molecule has 3 nitrogen and oxygen atoms in total. The predicted molar refractivity (Wildman–Crippen MR) is 95.5 cm³/mol. The van der Waals surface area contributed by atoms with Crippen molar-refractivity contribution in [3.63, 3.8) is 0 Å². The van der Waals surface area contributed by atoms with E-state index in [4.69, 9.17) is 11.6 Å². The smallest absolute Gasteiger partial charge is 0.257 e. The van der Waals surface area contributed by atoms with Gasteiger partial charge in [-0.05, 0) is 43.0 Å². The van der Waals surface area contributed by atoms with Crippen molar-refractivity contribution >= 4 is 56.0 Å². The lowest BCUT2D eigenvalue weighted by Crippen LogP contribution is -2.11. The summed E-state index contributed by atoms with van der Waals surface area (Å²) in [4.78, 5) is 17.9. The van der Waals surface area contributed by atoms with Crippen LogP contribution in [0.2, 0.25) is 5.02 Å². The zero-order chi connectivity index (χ0) is 15.7. The quantitative estimate of drug-likeness (QED) is 0.659. The van der Waals surface area contributed by atoms with Gasteiger partial charge < -0.3 is 0 Å². The summed E-state index contributed by atoms with van der Waals surface area (Å²) in [5.74, 6) is -0.163. The second-order valence-corrected chi connectivity index (χ2v) is 7.03. The highest BCUT2D eigenvalue weighted by atomic mass is 35.5. The predicted octanol–water partition coefficient (Wildman–Crippen LogP) is 5.23. The van der Waals surface area contributed by atoms with Gasteiger partial charge in [0.2, 0.25) is 0 Å². The summed E-state index contributed by atoms with van der Waals surface area (Å²) in [7, 11) is 0. The van der Waals surface area contributed by atoms with Gasteiger partial charge in [-0.25, -0.2) is 4.98 Å². The van der Waals surface area contributed by atoms with Gasteiger partial charge in [0.05, 0.1) is 15.2 Å². The average Bonchev–Trinajstić information content (AvgIpc) is 2.96. The first-order valence-electron chi connectivity index (χ1n) is 6.59. The Morgan fingerprint density at radius 3 is 2.86 bits per heavy atom. The highest BCUT2D eigenvalue weighted by Crippen LogP contribution is 2.34. The van der Waals surface area contributed by atoms with Crippen LogP contribution < -0.4 is 5.32 Å². The Hall–Kier alpha value is -1.56. The largest absolute Gasteiger partial charge is 0.298 e. The van der Waals surface area contributed by atoms with Crippen LogP contribution in [0.3, 0.4) is 0 Å². The molecule has 0 unspecified atom stereocenters. The van der Waals surface area contributed by atoms with E-state index in [0.717, 1.165) is 20.7 Å². The standard InChI is InChI=1S/C16H13ClN2OS2/c1-9-6-7-12(17)14-13(9)18-16(22-14)19-15(20)10-4-3-5-11(8-10)21-2/h3-8H,1-2H3,(H,18,19,20). The number of hydrogen-bond donors (Lipinski definition) is 1. The van der Waals surface area contributed by atoms with Crippen molar-refractivity contribution in [1.82, 2.24) is 4.98 Å². The second-order valence-electron chi connectivity index (χ2n) is 4.75. The van der Waals surface area contributed by atoms with Gasteiger partial charge in [0.25, 0.3) is 5.91 Å². The van der Waals surface area contributed by atoms with Gasteiger partial charge in [-0.2, -0.15) is 0 Å². The Labute approximate surface area is 141 Å². The van der Waals surface area contributed by atoms with Crippen molar-refractivity contribution < 1.29 is 4.79 Å². The maximum atomic E-state index is 12.3. The van der Waals surface area contributed by atoms with Crippen molar-refractivity contribution in [2.75, 3.05) is 11.6 Å². The first-order chi connectivity index (χ1) is 10.6. The molecule has 0 atom stereocenters. The number of nitrogens with one attached hydrogen (secondary N) is 1. The molecule has 0 aliphatic carbocycles. The second kappa shape index (κ2) is 6.28. The third-order valence-electron chi connectivity index (χ3n) is 3.25. The van der Waals surface area contributed by atoms with Gasteiger partial charge in [-0.1, -0.05) is 35.1 Å². The van der Waals surface area contributed by atoms with Crippen LogP contribution >= 0.6 is 34.7 Å². The number of halogens is 1. The van der Waals surface area contributed by atoms with Crippen LogP contribution in [-0.4, -0.2) is 17.1 Å². The molecular weight excluding hydrogens is 336 g/mol. The summed E-state index contributed by atoms with van der Waals surface area (Å²) >= 11 is 9.19. The average molecular weight is 349 g/mol. The van der Waals surface area contributed by atoms with Crippen LogP contribution in [0, 0.1) is 6.92 Å². The number of thioether (sulfide) groups is 1. The van der Waals surface area contributed by atoms with E-state index in [1.54, 1.807) is 17.8 Å². The number of nitrogens with zero attached hydrogens (tertiary/aromatic N) is 1. The van der Waals surface area contributed by atoms with E-state index in [2.05, 4.69) is 10.3 Å². The van der Waals surface area contributed by atoms with E-state index in [9.17, 15) is 4.79 Å². The SMILES string of the molecule is CSc1cccc(C(=O)Nc2nc3c(C)ccc(Cl)c3s2)c1. The maximum Gasteiger partial charge on any atom is 0.257 e. The molecule has 112 valence electrons. The molecular formula is C16H13ClN2OS2. The molecule has 2 aromatic carbocycles. The number of amides is 1. The van der Waals surface area contributed by atoms with E-state index in [-0.39, 0.29) is 5.91 Å². The number of benzene rings is 2. The van der Waals surface area contributed by atoms with Gasteiger partial charge in [-0.3, -0.25) is 10.1 Å². The molecule has 0 saturated carbocycles. The minimum Gasteiger partial charge on any atom is -0.298 e. The van der Waals surface area contributed by atoms with Gasteiger partial charge in [0, 0.05) is 10.5 Å². The van der Waals surface area contributed by atoms with E-state index < -0.39 is 0 Å². The van der Waals surface area contributed by atoms with Crippen LogP contribution in [0.1, 0.15) is 15.9 Å². The topological polar surface area (TPSA) is 42.0 Å². The van der Waals surface area contributed by atoms with Crippen molar-refractivity contribution in [1.29, 1.82) is 0 Å². The van der Waals surface area contributed by atoms with Crippen LogP contribution in [0.5, 0.6) is 0 Å². The molecule has 1 N–H and O–H groups in total. The highest BCUT2D eigenvalue weighted by Gasteiger charge is 2.13. The van der Waals surface area contributed by atoms with Gasteiger partial charge >= 0.3 is 0 Å². The summed E-state index contributed by atoms with van der Waals surface area (Å²) < 4.78 is 0.898. The molecule has 1 heterocycles. The number of hydrogen-bond acceptors (Lipinski definition) is 4. The number of aromatic nitrogens is 1. The summed E-state index contributed by atoms with van der Waals surface area (Å²) in [5.41, 5.74) is 2.50. The van der Waals surface area contributed by atoms with Gasteiger partial charge in [-0.15, -0.1) is 11.8 Å². The molecule has 3 aromatic rings. The Bertz CT molecular complexity index is 821. The number of carbonyl (C=O) groups excluding carboxylic acids is 1. The zero-order valence-electron chi connectivity index (χ0n) is 12.0. The molecule has 0 aliphatic heterocycles. The highest BCUT2D eigenvalue weighted by molar-refractivity contribution is 7.98. The lowest BCUT2D eigenvalue weighted by Gasteiger charge is -2.03. The minimum atomic E-state index is -0.163. The van der Waals surface area contributed by atoms with E-state index in [1.165, 1.54) is 11.3 Å². The lowest BCUT2D eigenvalue weighted by atomic mass is 10.2. The monoisotopic (exact) mass is 348 g/mol. The third kappa shape index (κ3) is 2.97. The molecule has 0 saturated heterocycles. The fourth-order valence-corrected chi connectivity index (χ4v) is 3.76. The minimum absolute atomic E-state index is 0.163. The van der Waals surface area contributed by atoms with Crippen LogP contribution in [0.15, 0.2) is 41.3 Å². The molecule has 0 spiro atoms. The van der Waals surface area contributed by atoms with Crippen LogP contribution in [0.4, 0.5) is 5.13 Å². The van der Waals surface area contributed by atoms with Gasteiger partial charge in [0.15, 0.2) is 5.13 Å². The lowest BCUT2D eigenvalue weighted by molar-refractivity contribution is 0.102. The molecule has 22 heavy (non-hydrogen) atoms. The van der Waals surface area contributed by atoms with Crippen LogP contribution in [-0.2, 0) is 0 Å². The molecule has 0 fully saturated rings. The number of anilines is 1. The van der Waals surface area contributed by atoms with E-state index in [1.807, 2.05) is 43.5 Å². The number of aryl methyl sites for hydroxylation is 1. The number of thiazole rings is 1. The van der Waals surface area contributed by atoms with Gasteiger partial charge in [0.1, 0.15) is 0 Å². The number of fused-ring (bicyclic) bond motifs is 1. The Kier molecular flexibility index (Phi) is 4.38. The summed E-state index contributed by atoms with van der Waals surface area (Å²) in [6, 6.07) is 11.3. The molecule has 0 aliphatic rings. The molecule has 3 rings (SSSR count). The maximum absolute atomic E-state index is 12.3. The van der Waals surface area contributed by atoms with Crippen molar-refractivity contribution in [2.45, 2.75) is 11.8 Å². The Morgan fingerprint density at radius 1 is 1.32 bits per heavy atom. The molecule has 1 amide bonds. The van der Waals surface area contributed by atoms with Crippen molar-refractivity contribution in [3.8, 4) is 0 Å². The number of carbonyl (C=O) groups is 1. The summed E-state index contributed by atoms with van der Waals surface area (Å²) in [5, 5.41) is 4.07. The van der Waals surface area contributed by atoms with Crippen molar-refractivity contribution in [3.05, 3.63) is 52.5 Å². The normalized spacial score (nSPS) is 10.9. The first kappa shape index (κ1) is 15.3. The fraction of sp³-hybridized carbons (Fsp3) is 0.125. The first-order valence-corrected chi connectivity index (χ1v) is 9.01. The fourth-order valence-electron chi connectivity index (χ4n) is 2.09. The zero-order valence-corrected chi connectivity index (χ0v) is 14.4. The summed E-state index contributed by atoms with van der Waals surface area (Å²) in [6.45, 7) is 1.98. The molecule has 1 aromatic heterocycles. The Morgan fingerprint density at radius 2 is 2.14 bits per heavy atom. The van der Waals surface area contributed by atoms with E-state index in [0.29, 0.717) is 15.7 Å². The molecule has 0 radical (unpaired) electrons. The van der Waals surface area contributed by atoms with Crippen molar-refractivity contribution in [2.24, 2.45) is 0 Å².